The highest BCUT2D eigenvalue weighted by Gasteiger charge is 2.16. The van der Waals surface area contributed by atoms with Crippen molar-refractivity contribution < 1.29 is 14.3 Å². The summed E-state index contributed by atoms with van der Waals surface area (Å²) in [5.74, 6) is 1.39. The monoisotopic (exact) mass is 376 g/mol. The third-order valence-electron chi connectivity index (χ3n) is 4.26. The van der Waals surface area contributed by atoms with Crippen molar-refractivity contribution in [1.29, 1.82) is 5.26 Å². The predicted octanol–water partition coefficient (Wildman–Crippen LogP) is 4.16. The fourth-order valence-corrected chi connectivity index (χ4v) is 3.74. The lowest BCUT2D eigenvalue weighted by Crippen LogP contribution is -2.16. The molecule has 1 aromatic heterocycles. The van der Waals surface area contributed by atoms with E-state index in [-0.39, 0.29) is 11.5 Å². The molecule has 0 saturated heterocycles. The van der Waals surface area contributed by atoms with Crippen LogP contribution in [-0.2, 0) is 0 Å². The molecule has 0 N–H and O–H groups in total. The van der Waals surface area contributed by atoms with Crippen molar-refractivity contribution in [3.8, 4) is 17.6 Å². The molecule has 0 saturated carbocycles. The molecular formula is C21H16N2O3S. The Bertz CT molecular complexity index is 1090. The number of fused-ring (bicyclic) bond motifs is 2. The summed E-state index contributed by atoms with van der Waals surface area (Å²) in [4.78, 5) is 17.2. The lowest BCUT2D eigenvalue weighted by atomic mass is 10.1. The van der Waals surface area contributed by atoms with Crippen molar-refractivity contribution >= 4 is 28.4 Å². The first kappa shape index (κ1) is 17.4. The molecule has 1 aliphatic heterocycles. The Kier molecular flexibility index (Phi) is 4.69. The van der Waals surface area contributed by atoms with Gasteiger partial charge in [0.05, 0.1) is 16.8 Å². The molecule has 27 heavy (non-hydrogen) atoms. The standard InChI is InChI=1S/C21H16N2O3S/c1-13-2-3-14-9-16(11-22)21(23-17(14)8-13)27-12-18(24)15-4-5-19-20(10-15)26-7-6-25-19/h2-5,8-10H,6-7,12H2,1H3. The van der Waals surface area contributed by atoms with E-state index in [1.165, 1.54) is 11.8 Å². The summed E-state index contributed by atoms with van der Waals surface area (Å²) >= 11 is 1.28. The molecule has 0 fully saturated rings. The van der Waals surface area contributed by atoms with Crippen molar-refractivity contribution in [3.05, 3.63) is 59.2 Å². The fraction of sp³-hybridized carbons (Fsp3) is 0.190. The van der Waals surface area contributed by atoms with E-state index in [9.17, 15) is 10.1 Å². The van der Waals surface area contributed by atoms with Gasteiger partial charge in [0.2, 0.25) is 0 Å². The number of pyridine rings is 1. The number of ketones is 1. The first-order chi connectivity index (χ1) is 13.1. The van der Waals surface area contributed by atoms with Gasteiger partial charge in [-0.25, -0.2) is 4.98 Å². The summed E-state index contributed by atoms with van der Waals surface area (Å²) in [5, 5.41) is 10.9. The molecular weight excluding hydrogens is 360 g/mol. The van der Waals surface area contributed by atoms with Gasteiger partial charge in [-0.1, -0.05) is 23.9 Å². The summed E-state index contributed by atoms with van der Waals surface area (Å²) in [5.41, 5.74) is 2.96. The zero-order valence-electron chi connectivity index (χ0n) is 14.7. The van der Waals surface area contributed by atoms with Crippen LogP contribution in [0.4, 0.5) is 0 Å². The minimum atomic E-state index is -0.0491. The number of carbonyl (C=O) groups is 1. The van der Waals surface area contributed by atoms with Gasteiger partial charge in [0.15, 0.2) is 17.3 Å². The Labute approximate surface area is 160 Å². The number of benzene rings is 2. The smallest absolute Gasteiger partial charge is 0.173 e. The van der Waals surface area contributed by atoms with Crippen LogP contribution < -0.4 is 9.47 Å². The largest absolute Gasteiger partial charge is 0.486 e. The number of hydrogen-bond donors (Lipinski definition) is 0. The molecule has 3 aromatic rings. The molecule has 0 atom stereocenters. The molecule has 0 unspecified atom stereocenters. The normalized spacial score (nSPS) is 12.6. The number of aromatic nitrogens is 1. The number of hydrogen-bond acceptors (Lipinski definition) is 6. The Morgan fingerprint density at radius 2 is 1.96 bits per heavy atom. The van der Waals surface area contributed by atoms with Gasteiger partial charge in [-0.3, -0.25) is 4.79 Å². The van der Waals surface area contributed by atoms with Crippen molar-refractivity contribution in [1.82, 2.24) is 4.98 Å². The number of nitrogens with zero attached hydrogens (tertiary/aromatic N) is 2. The molecule has 5 nitrogen and oxygen atoms in total. The van der Waals surface area contributed by atoms with E-state index in [1.54, 1.807) is 18.2 Å². The minimum Gasteiger partial charge on any atom is -0.486 e. The van der Waals surface area contributed by atoms with Gasteiger partial charge in [0.1, 0.15) is 24.3 Å². The van der Waals surface area contributed by atoms with Crippen LogP contribution in [0, 0.1) is 18.3 Å². The van der Waals surface area contributed by atoms with Gasteiger partial charge in [0, 0.05) is 10.9 Å². The highest BCUT2D eigenvalue weighted by molar-refractivity contribution is 8.00. The topological polar surface area (TPSA) is 72.2 Å². The summed E-state index contributed by atoms with van der Waals surface area (Å²) in [6.45, 7) is 2.99. The maximum atomic E-state index is 12.6. The molecule has 0 spiro atoms. The van der Waals surface area contributed by atoms with Gasteiger partial charge in [-0.05, 0) is 42.8 Å². The highest BCUT2D eigenvalue weighted by atomic mass is 32.2. The Morgan fingerprint density at radius 3 is 2.78 bits per heavy atom. The summed E-state index contributed by atoms with van der Waals surface area (Å²) < 4.78 is 11.0. The van der Waals surface area contributed by atoms with Crippen LogP contribution in [0.3, 0.4) is 0 Å². The number of aryl methyl sites for hydroxylation is 1. The van der Waals surface area contributed by atoms with Crippen LogP contribution in [-0.4, -0.2) is 29.7 Å². The number of thioether (sulfide) groups is 1. The first-order valence-electron chi connectivity index (χ1n) is 8.51. The van der Waals surface area contributed by atoms with E-state index in [0.29, 0.717) is 40.9 Å². The molecule has 0 amide bonds. The van der Waals surface area contributed by atoms with E-state index in [2.05, 4.69) is 11.1 Å². The molecule has 2 heterocycles. The summed E-state index contributed by atoms with van der Waals surface area (Å²) in [6, 6.07) is 15.1. The Morgan fingerprint density at radius 1 is 1.15 bits per heavy atom. The lowest BCUT2D eigenvalue weighted by molar-refractivity contribution is 0.102. The maximum absolute atomic E-state index is 12.6. The number of Topliss-reactive ketones (excluding diaryl/α,β-unsaturated/α-hetero) is 1. The summed E-state index contributed by atoms with van der Waals surface area (Å²) in [7, 11) is 0. The van der Waals surface area contributed by atoms with Crippen LogP contribution in [0.5, 0.6) is 11.5 Å². The molecule has 0 aliphatic carbocycles. The van der Waals surface area contributed by atoms with Gasteiger partial charge in [-0.2, -0.15) is 5.26 Å². The highest BCUT2D eigenvalue weighted by Crippen LogP contribution is 2.32. The van der Waals surface area contributed by atoms with Crippen LogP contribution >= 0.6 is 11.8 Å². The lowest BCUT2D eigenvalue weighted by Gasteiger charge is -2.18. The summed E-state index contributed by atoms with van der Waals surface area (Å²) in [6.07, 6.45) is 0. The van der Waals surface area contributed by atoms with E-state index < -0.39 is 0 Å². The second-order valence-corrected chi connectivity index (χ2v) is 7.18. The predicted molar refractivity (Wildman–Crippen MR) is 104 cm³/mol. The Hall–Kier alpha value is -3.04. The molecule has 4 rings (SSSR count). The van der Waals surface area contributed by atoms with Crippen molar-refractivity contribution in [3.63, 3.8) is 0 Å². The molecule has 0 bridgehead atoms. The van der Waals surface area contributed by atoms with Crippen molar-refractivity contribution in [2.45, 2.75) is 11.9 Å². The quantitative estimate of drug-likeness (QED) is 0.503. The van der Waals surface area contributed by atoms with Crippen LogP contribution in [0.1, 0.15) is 21.5 Å². The van der Waals surface area contributed by atoms with E-state index >= 15 is 0 Å². The van der Waals surface area contributed by atoms with Gasteiger partial charge < -0.3 is 9.47 Å². The molecule has 1 aliphatic rings. The average molecular weight is 376 g/mol. The number of rotatable bonds is 4. The van der Waals surface area contributed by atoms with Crippen molar-refractivity contribution in [2.24, 2.45) is 0 Å². The third kappa shape index (κ3) is 3.60. The maximum Gasteiger partial charge on any atom is 0.173 e. The van der Waals surface area contributed by atoms with E-state index in [1.807, 2.05) is 31.2 Å². The molecule has 134 valence electrons. The molecule has 6 heteroatoms. The molecule has 0 radical (unpaired) electrons. The SMILES string of the molecule is Cc1ccc2cc(C#N)c(SCC(=O)c3ccc4c(c3)OCCO4)nc2c1. The average Bonchev–Trinajstić information content (AvgIpc) is 2.70. The second-order valence-electron chi connectivity index (χ2n) is 6.22. The number of nitriles is 1. The van der Waals surface area contributed by atoms with Gasteiger partial charge in [0.25, 0.3) is 0 Å². The Balaban J connectivity index is 1.56. The van der Waals surface area contributed by atoms with Gasteiger partial charge >= 0.3 is 0 Å². The number of ether oxygens (including phenoxy) is 2. The van der Waals surface area contributed by atoms with Crippen molar-refractivity contribution in [2.75, 3.05) is 19.0 Å². The van der Waals surface area contributed by atoms with Gasteiger partial charge in [-0.15, -0.1) is 0 Å². The van der Waals surface area contributed by atoms with Crippen LogP contribution in [0.2, 0.25) is 0 Å². The first-order valence-corrected chi connectivity index (χ1v) is 9.50. The second kappa shape index (κ2) is 7.29. The van der Waals surface area contributed by atoms with E-state index in [0.717, 1.165) is 16.5 Å². The zero-order valence-corrected chi connectivity index (χ0v) is 15.5. The molecule has 2 aromatic carbocycles. The zero-order chi connectivity index (χ0) is 18.8. The van der Waals surface area contributed by atoms with Crippen LogP contribution in [0.15, 0.2) is 47.5 Å². The van der Waals surface area contributed by atoms with E-state index in [4.69, 9.17) is 9.47 Å². The third-order valence-corrected chi connectivity index (χ3v) is 5.25. The fourth-order valence-electron chi connectivity index (χ4n) is 2.88. The minimum absolute atomic E-state index is 0.0491. The number of carbonyl (C=O) groups excluding carboxylic acids is 1. The van der Waals surface area contributed by atoms with Crippen LogP contribution in [0.25, 0.3) is 10.9 Å².